The summed E-state index contributed by atoms with van der Waals surface area (Å²) in [4.78, 5) is 5.31. The van der Waals surface area contributed by atoms with Gasteiger partial charge in [-0.1, -0.05) is 147 Å². The maximum Gasteiger partial charge on any atom is 0.0463 e. The van der Waals surface area contributed by atoms with Crippen LogP contribution in [0, 0.1) is 37.8 Å². The molecule has 0 spiro atoms. The molecule has 0 bridgehead atoms. The molecule has 59 heavy (non-hydrogen) atoms. The Balaban J connectivity index is 1.06. The molecule has 0 N–H and O–H groups in total. The summed E-state index contributed by atoms with van der Waals surface area (Å²) < 4.78 is 0. The molecule has 2 fully saturated rings. The van der Waals surface area contributed by atoms with Crippen molar-refractivity contribution in [2.75, 3.05) is 16.3 Å². The number of nitrogens with zero attached hydrogens (tertiary/aromatic N) is 2. The fourth-order valence-corrected chi connectivity index (χ4v) is 10.6. The topological polar surface area (TPSA) is 6.48 Å². The van der Waals surface area contributed by atoms with E-state index in [-0.39, 0.29) is 0 Å². The van der Waals surface area contributed by atoms with Gasteiger partial charge in [-0.15, -0.1) is 0 Å². The number of aryl methyl sites for hydroxylation is 2. The molecule has 0 radical (unpaired) electrons. The van der Waals surface area contributed by atoms with Gasteiger partial charge in [-0.25, -0.2) is 0 Å². The van der Waals surface area contributed by atoms with Crippen LogP contribution in [-0.2, 0) is 0 Å². The number of allylic oxidation sites excluding steroid dienone is 8. The minimum absolute atomic E-state index is 0.314. The van der Waals surface area contributed by atoms with Gasteiger partial charge in [-0.05, 0) is 148 Å². The van der Waals surface area contributed by atoms with E-state index in [0.29, 0.717) is 29.7 Å². The van der Waals surface area contributed by atoms with Crippen LogP contribution in [0.15, 0.2) is 144 Å². The van der Waals surface area contributed by atoms with Crippen molar-refractivity contribution in [3.05, 3.63) is 184 Å². The van der Waals surface area contributed by atoms with Gasteiger partial charge in [-0.2, -0.15) is 0 Å². The summed E-state index contributed by atoms with van der Waals surface area (Å²) in [5.74, 6) is 2.01. The average Bonchev–Trinajstić information content (AvgIpc) is 3.56. The first-order valence-corrected chi connectivity index (χ1v) is 23.0. The number of hydrogen-bond donors (Lipinski definition) is 0. The van der Waals surface area contributed by atoms with Gasteiger partial charge in [0.25, 0.3) is 0 Å². The zero-order valence-corrected chi connectivity index (χ0v) is 36.3. The molecular weight excluding hydrogens is 713 g/mol. The van der Waals surface area contributed by atoms with Gasteiger partial charge in [0, 0.05) is 53.4 Å². The van der Waals surface area contributed by atoms with Gasteiger partial charge in [0.2, 0.25) is 0 Å². The van der Waals surface area contributed by atoms with Gasteiger partial charge in [-0.3, -0.25) is 0 Å². The summed E-state index contributed by atoms with van der Waals surface area (Å²) in [6.07, 6.45) is 30.6. The monoisotopic (exact) mass is 779 g/mol. The summed E-state index contributed by atoms with van der Waals surface area (Å²) in [6, 6.07) is 42.0. The Morgan fingerprint density at radius 2 is 1.58 bits per heavy atom. The van der Waals surface area contributed by atoms with Crippen LogP contribution in [0.5, 0.6) is 0 Å². The van der Waals surface area contributed by atoms with Crippen molar-refractivity contribution >= 4 is 16.9 Å². The Hall–Kier alpha value is -5.00. The van der Waals surface area contributed by atoms with Gasteiger partial charge in [0.1, 0.15) is 0 Å². The van der Waals surface area contributed by atoms with Crippen LogP contribution < -0.4 is 9.80 Å². The zero-order valence-electron chi connectivity index (χ0n) is 36.3. The molecular formula is C57H66N2. The first-order chi connectivity index (χ1) is 28.9. The van der Waals surface area contributed by atoms with Gasteiger partial charge in [0.15, 0.2) is 0 Å². The summed E-state index contributed by atoms with van der Waals surface area (Å²) in [5.41, 5.74) is 15.1. The van der Waals surface area contributed by atoms with E-state index in [1.54, 1.807) is 0 Å². The SMILES string of the molecule is CC1=CCCC(N(/C=C(\c2ccccc2)C2CCCCCC2)c2ccc(C3CCC(N(CC(C4=CCCC=C4)c4ccc(C)cc4)c4cc#cc(C)c4)C(C)C3)cc2)=C1. The van der Waals surface area contributed by atoms with E-state index < -0.39 is 0 Å². The van der Waals surface area contributed by atoms with Crippen LogP contribution in [-0.4, -0.2) is 12.6 Å². The van der Waals surface area contributed by atoms with E-state index in [2.05, 4.69) is 177 Å². The first-order valence-electron chi connectivity index (χ1n) is 23.0. The molecule has 2 saturated carbocycles. The fraction of sp³-hybridized carbons (Fsp3) is 0.404. The van der Waals surface area contributed by atoms with E-state index in [4.69, 9.17) is 0 Å². The third-order valence-electron chi connectivity index (χ3n) is 13.9. The Bertz CT molecular complexity index is 2140. The quantitative estimate of drug-likeness (QED) is 0.132. The minimum atomic E-state index is 0.314. The lowest BCUT2D eigenvalue weighted by atomic mass is 9.74. The molecule has 4 atom stereocenters. The van der Waals surface area contributed by atoms with Crippen LogP contribution in [0.4, 0.5) is 11.4 Å². The van der Waals surface area contributed by atoms with Crippen molar-refractivity contribution in [2.45, 2.75) is 129 Å². The van der Waals surface area contributed by atoms with Crippen molar-refractivity contribution < 1.29 is 0 Å². The van der Waals surface area contributed by atoms with Crippen molar-refractivity contribution in [3.63, 3.8) is 0 Å². The normalized spacial score (nSPS) is 22.0. The third kappa shape index (κ3) is 10.1. The fourth-order valence-electron chi connectivity index (χ4n) is 10.6. The van der Waals surface area contributed by atoms with Gasteiger partial charge < -0.3 is 9.80 Å². The molecule has 0 aromatic heterocycles. The third-order valence-corrected chi connectivity index (χ3v) is 13.9. The lowest BCUT2D eigenvalue weighted by Gasteiger charge is -2.44. The molecule has 0 saturated heterocycles. The minimum Gasteiger partial charge on any atom is -0.367 e. The van der Waals surface area contributed by atoms with Crippen molar-refractivity contribution in [3.8, 4) is 0 Å². The predicted octanol–water partition coefficient (Wildman–Crippen LogP) is 15.2. The van der Waals surface area contributed by atoms with Gasteiger partial charge >= 0.3 is 0 Å². The zero-order chi connectivity index (χ0) is 40.6. The molecule has 4 aromatic carbocycles. The molecule has 4 aromatic rings. The molecule has 304 valence electrons. The molecule has 2 nitrogen and oxygen atoms in total. The van der Waals surface area contributed by atoms with E-state index >= 15 is 0 Å². The highest BCUT2D eigenvalue weighted by atomic mass is 15.2. The van der Waals surface area contributed by atoms with Crippen molar-refractivity contribution in [1.29, 1.82) is 0 Å². The Labute approximate surface area is 357 Å². The van der Waals surface area contributed by atoms with Gasteiger partial charge in [0.05, 0.1) is 0 Å². The smallest absolute Gasteiger partial charge is 0.0463 e. The summed E-state index contributed by atoms with van der Waals surface area (Å²) in [6.45, 7) is 10.1. The highest BCUT2D eigenvalue weighted by Crippen LogP contribution is 2.43. The summed E-state index contributed by atoms with van der Waals surface area (Å²) in [7, 11) is 0. The van der Waals surface area contributed by atoms with E-state index in [1.165, 1.54) is 114 Å². The van der Waals surface area contributed by atoms with Crippen LogP contribution in [0.1, 0.15) is 137 Å². The lowest BCUT2D eigenvalue weighted by molar-refractivity contribution is 0.283. The van der Waals surface area contributed by atoms with Crippen molar-refractivity contribution in [2.24, 2.45) is 11.8 Å². The average molecular weight is 779 g/mol. The van der Waals surface area contributed by atoms with E-state index in [0.717, 1.165) is 37.8 Å². The molecule has 0 heterocycles. The molecule has 8 rings (SSSR count). The second-order valence-electron chi connectivity index (χ2n) is 18.2. The maximum absolute atomic E-state index is 3.37. The van der Waals surface area contributed by atoms with E-state index in [1.807, 2.05) is 0 Å². The second-order valence-corrected chi connectivity index (χ2v) is 18.2. The highest BCUT2D eigenvalue weighted by molar-refractivity contribution is 5.73. The number of anilines is 2. The van der Waals surface area contributed by atoms with E-state index in [9.17, 15) is 0 Å². The van der Waals surface area contributed by atoms with Crippen LogP contribution in [0.3, 0.4) is 0 Å². The molecule has 0 aliphatic heterocycles. The largest absolute Gasteiger partial charge is 0.367 e. The second kappa shape index (κ2) is 19.4. The number of benzene rings is 3. The Morgan fingerprint density at radius 1 is 0.797 bits per heavy atom. The Morgan fingerprint density at radius 3 is 2.27 bits per heavy atom. The predicted molar refractivity (Wildman–Crippen MR) is 252 cm³/mol. The van der Waals surface area contributed by atoms with Crippen LogP contribution in [0.25, 0.3) is 5.57 Å². The van der Waals surface area contributed by atoms with Crippen molar-refractivity contribution in [1.82, 2.24) is 0 Å². The number of rotatable bonds is 12. The van der Waals surface area contributed by atoms with Crippen LogP contribution >= 0.6 is 0 Å². The molecule has 0 amide bonds. The van der Waals surface area contributed by atoms with Crippen LogP contribution in [0.2, 0.25) is 0 Å². The lowest BCUT2D eigenvalue weighted by Crippen LogP contribution is -2.45. The molecule has 4 aliphatic carbocycles. The first kappa shape index (κ1) is 40.8. The number of hydrogen-bond acceptors (Lipinski definition) is 2. The standard InChI is InChI=1S/C57H66N2/c1-42-27-29-50(30-28-42)56(49-23-13-8-14-24-49)41-59(54-26-16-18-44(3)38-54)57-36-33-51(39-45(57)4)46-31-34-52(35-32-46)58(53-25-15-17-43(2)37-53)40-55(48-21-11-7-12-22-48)47-19-9-5-6-10-20-47/h7,11-13,17,21-24,26-32,34-35,37-38,40,45,47,51,56-57H,5-6,8-10,14-15,19-20,25,33,36,39,41H2,1-4H3/b55-40-. The highest BCUT2D eigenvalue weighted by Gasteiger charge is 2.35. The molecule has 4 aliphatic rings. The Kier molecular flexibility index (Phi) is 13.4. The maximum atomic E-state index is 3.37. The summed E-state index contributed by atoms with van der Waals surface area (Å²) >= 11 is 0. The molecule has 2 heteroatoms. The molecule has 4 unspecified atom stereocenters. The summed E-state index contributed by atoms with van der Waals surface area (Å²) in [5, 5.41) is 0.